The standard InChI is InChI=1S/C27H41N3O3/c1-5-17-33-26(32)30-20(3)11-12-23(30)18-22(6-2)28-15-13-27(14-16-28)19-29(21(4)31)25-10-8-7-9-24(25)27/h7-10,20,22-23H,5-6,11-19H2,1-4H3. The van der Waals surface area contributed by atoms with Gasteiger partial charge in [-0.3, -0.25) is 4.79 Å². The van der Waals surface area contributed by atoms with Gasteiger partial charge in [-0.05, 0) is 76.6 Å². The van der Waals surface area contributed by atoms with Gasteiger partial charge in [-0.15, -0.1) is 0 Å². The van der Waals surface area contributed by atoms with E-state index in [-0.39, 0.29) is 29.5 Å². The van der Waals surface area contributed by atoms with Gasteiger partial charge in [0.1, 0.15) is 0 Å². The van der Waals surface area contributed by atoms with Crippen LogP contribution in [0.15, 0.2) is 24.3 Å². The van der Waals surface area contributed by atoms with E-state index < -0.39 is 0 Å². The van der Waals surface area contributed by atoms with Crippen molar-refractivity contribution >= 4 is 17.7 Å². The van der Waals surface area contributed by atoms with E-state index in [0.29, 0.717) is 12.6 Å². The Morgan fingerprint density at radius 1 is 1.15 bits per heavy atom. The fourth-order valence-corrected chi connectivity index (χ4v) is 6.44. The summed E-state index contributed by atoms with van der Waals surface area (Å²) in [4.78, 5) is 31.6. The van der Waals surface area contributed by atoms with Crippen LogP contribution in [0.5, 0.6) is 0 Å². The van der Waals surface area contributed by atoms with Crippen LogP contribution in [0.4, 0.5) is 10.5 Å². The molecule has 3 unspecified atom stereocenters. The summed E-state index contributed by atoms with van der Waals surface area (Å²) in [5.41, 5.74) is 2.53. The molecule has 182 valence electrons. The molecule has 3 atom stereocenters. The lowest BCUT2D eigenvalue weighted by molar-refractivity contribution is -0.116. The zero-order chi connectivity index (χ0) is 23.6. The third-order valence-corrected chi connectivity index (χ3v) is 8.32. The van der Waals surface area contributed by atoms with Gasteiger partial charge in [0.2, 0.25) is 5.91 Å². The highest BCUT2D eigenvalue weighted by molar-refractivity contribution is 5.94. The average molecular weight is 456 g/mol. The minimum atomic E-state index is -0.133. The summed E-state index contributed by atoms with van der Waals surface area (Å²) in [6.45, 7) is 11.5. The van der Waals surface area contributed by atoms with Crippen molar-refractivity contribution in [1.82, 2.24) is 9.80 Å². The Labute approximate surface area is 199 Å². The summed E-state index contributed by atoms with van der Waals surface area (Å²) in [5.74, 6) is 0.138. The summed E-state index contributed by atoms with van der Waals surface area (Å²) in [6, 6.07) is 9.47. The highest BCUT2D eigenvalue weighted by Crippen LogP contribution is 2.47. The van der Waals surface area contributed by atoms with E-state index in [4.69, 9.17) is 4.74 Å². The van der Waals surface area contributed by atoms with Crippen molar-refractivity contribution in [2.75, 3.05) is 31.1 Å². The quantitative estimate of drug-likeness (QED) is 0.609. The number of benzene rings is 1. The van der Waals surface area contributed by atoms with Crippen LogP contribution in [0, 0.1) is 0 Å². The topological polar surface area (TPSA) is 53.1 Å². The number of likely N-dealkylation sites (tertiary alicyclic amines) is 2. The van der Waals surface area contributed by atoms with E-state index in [1.165, 1.54) is 5.56 Å². The normalized spacial score (nSPS) is 25.3. The zero-order valence-corrected chi connectivity index (χ0v) is 20.9. The highest BCUT2D eigenvalue weighted by atomic mass is 16.6. The molecule has 1 spiro atoms. The second-order valence-corrected chi connectivity index (χ2v) is 10.3. The number of hydrogen-bond donors (Lipinski definition) is 0. The Hall–Kier alpha value is -2.08. The third kappa shape index (κ3) is 4.64. The van der Waals surface area contributed by atoms with Crippen molar-refractivity contribution < 1.29 is 14.3 Å². The molecule has 0 bridgehead atoms. The second-order valence-electron chi connectivity index (χ2n) is 10.3. The maximum absolute atomic E-state index is 12.7. The monoisotopic (exact) mass is 455 g/mol. The van der Waals surface area contributed by atoms with Gasteiger partial charge >= 0.3 is 6.09 Å². The van der Waals surface area contributed by atoms with Crippen LogP contribution < -0.4 is 4.90 Å². The Morgan fingerprint density at radius 2 is 1.88 bits per heavy atom. The third-order valence-electron chi connectivity index (χ3n) is 8.32. The van der Waals surface area contributed by atoms with Crippen LogP contribution >= 0.6 is 0 Å². The number of carbonyl (C=O) groups is 2. The maximum atomic E-state index is 12.7. The molecule has 1 aromatic carbocycles. The van der Waals surface area contributed by atoms with E-state index in [1.54, 1.807) is 6.92 Å². The largest absolute Gasteiger partial charge is 0.449 e. The summed E-state index contributed by atoms with van der Waals surface area (Å²) in [6.07, 6.45) is 7.11. The average Bonchev–Trinajstić information content (AvgIpc) is 3.35. The maximum Gasteiger partial charge on any atom is 0.410 e. The van der Waals surface area contributed by atoms with Gasteiger partial charge in [0.05, 0.1) is 6.61 Å². The molecule has 3 aliphatic rings. The summed E-state index contributed by atoms with van der Waals surface area (Å²) < 4.78 is 5.50. The molecule has 0 saturated carbocycles. The number of amides is 2. The fourth-order valence-electron chi connectivity index (χ4n) is 6.44. The lowest BCUT2D eigenvalue weighted by Gasteiger charge is -2.44. The van der Waals surface area contributed by atoms with E-state index >= 15 is 0 Å². The number of fused-ring (bicyclic) bond motifs is 2. The molecule has 33 heavy (non-hydrogen) atoms. The van der Waals surface area contributed by atoms with Gasteiger partial charge in [-0.1, -0.05) is 32.0 Å². The number of rotatable bonds is 6. The number of hydrogen-bond acceptors (Lipinski definition) is 4. The van der Waals surface area contributed by atoms with Gasteiger partial charge < -0.3 is 19.4 Å². The first-order valence-corrected chi connectivity index (χ1v) is 13.0. The Bertz CT molecular complexity index is 849. The predicted molar refractivity (Wildman–Crippen MR) is 132 cm³/mol. The number of ether oxygens (including phenoxy) is 1. The molecule has 6 nitrogen and oxygen atoms in total. The fraction of sp³-hybridized carbons (Fsp3) is 0.704. The van der Waals surface area contributed by atoms with Gasteiger partial charge in [0, 0.05) is 42.7 Å². The molecule has 6 heteroatoms. The molecule has 3 aliphatic heterocycles. The van der Waals surface area contributed by atoms with E-state index in [1.807, 2.05) is 22.8 Å². The highest BCUT2D eigenvalue weighted by Gasteiger charge is 2.46. The smallest absolute Gasteiger partial charge is 0.410 e. The molecule has 0 aliphatic carbocycles. The van der Waals surface area contributed by atoms with Crippen molar-refractivity contribution in [3.63, 3.8) is 0 Å². The SMILES string of the molecule is CCCOC(=O)N1C(C)CCC1CC(CC)N1CCC2(CC1)CN(C(C)=O)c1ccccc12. The minimum absolute atomic E-state index is 0.0783. The van der Waals surface area contributed by atoms with Gasteiger partial charge in [-0.25, -0.2) is 4.79 Å². The first kappa shape index (κ1) is 24.1. The summed E-state index contributed by atoms with van der Waals surface area (Å²) >= 11 is 0. The first-order chi connectivity index (χ1) is 15.9. The Morgan fingerprint density at radius 3 is 2.55 bits per heavy atom. The number of anilines is 1. The molecule has 1 aromatic rings. The van der Waals surface area contributed by atoms with Gasteiger partial charge in [-0.2, -0.15) is 0 Å². The van der Waals surface area contributed by atoms with E-state index in [0.717, 1.165) is 70.3 Å². The lowest BCUT2D eigenvalue weighted by Crippen LogP contribution is -2.51. The molecular weight excluding hydrogens is 414 g/mol. The molecule has 2 fully saturated rings. The number of nitrogens with zero attached hydrogens (tertiary/aromatic N) is 3. The van der Waals surface area contributed by atoms with Crippen LogP contribution in [0.25, 0.3) is 0 Å². The van der Waals surface area contributed by atoms with Crippen molar-refractivity contribution in [3.8, 4) is 0 Å². The molecular formula is C27H41N3O3. The van der Waals surface area contributed by atoms with Crippen molar-refractivity contribution in [1.29, 1.82) is 0 Å². The Balaban J connectivity index is 1.42. The number of piperidine rings is 1. The summed E-state index contributed by atoms with van der Waals surface area (Å²) in [7, 11) is 0. The van der Waals surface area contributed by atoms with Crippen molar-refractivity contribution in [2.24, 2.45) is 0 Å². The molecule has 2 saturated heterocycles. The Kier molecular flexibility index (Phi) is 7.32. The van der Waals surface area contributed by atoms with Crippen LogP contribution in [0.1, 0.15) is 78.2 Å². The molecule has 0 radical (unpaired) electrons. The van der Waals surface area contributed by atoms with Gasteiger partial charge in [0.15, 0.2) is 0 Å². The van der Waals surface area contributed by atoms with Crippen molar-refractivity contribution in [2.45, 2.75) is 96.2 Å². The molecule has 4 rings (SSSR count). The lowest BCUT2D eigenvalue weighted by atomic mass is 9.74. The summed E-state index contributed by atoms with van der Waals surface area (Å²) in [5, 5.41) is 0. The van der Waals surface area contributed by atoms with Crippen LogP contribution in [-0.4, -0.2) is 66.2 Å². The number of para-hydroxylation sites is 1. The van der Waals surface area contributed by atoms with Crippen LogP contribution in [0.3, 0.4) is 0 Å². The zero-order valence-electron chi connectivity index (χ0n) is 20.9. The molecule has 0 aromatic heterocycles. The van der Waals surface area contributed by atoms with E-state index in [2.05, 4.69) is 36.9 Å². The van der Waals surface area contributed by atoms with Gasteiger partial charge in [0.25, 0.3) is 0 Å². The first-order valence-electron chi connectivity index (χ1n) is 13.0. The molecule has 2 amide bonds. The van der Waals surface area contributed by atoms with E-state index in [9.17, 15) is 9.59 Å². The second kappa shape index (κ2) is 10.0. The molecule has 0 N–H and O–H groups in total. The van der Waals surface area contributed by atoms with Crippen LogP contribution in [-0.2, 0) is 14.9 Å². The van der Waals surface area contributed by atoms with Crippen LogP contribution in [0.2, 0.25) is 0 Å². The minimum Gasteiger partial charge on any atom is -0.449 e. The number of carbonyl (C=O) groups excluding carboxylic acids is 2. The molecule has 3 heterocycles. The predicted octanol–water partition coefficient (Wildman–Crippen LogP) is 4.95. The van der Waals surface area contributed by atoms with Crippen molar-refractivity contribution in [3.05, 3.63) is 29.8 Å².